The summed E-state index contributed by atoms with van der Waals surface area (Å²) in [5.74, 6) is -0.580. The molecule has 1 aliphatic heterocycles. The maximum Gasteiger partial charge on any atom is 0.416 e. The van der Waals surface area contributed by atoms with Gasteiger partial charge in [0.05, 0.1) is 22.4 Å². The van der Waals surface area contributed by atoms with Crippen molar-refractivity contribution in [3.63, 3.8) is 0 Å². The molecule has 2 amide bonds. The van der Waals surface area contributed by atoms with E-state index in [0.29, 0.717) is 42.9 Å². The summed E-state index contributed by atoms with van der Waals surface area (Å²) >= 11 is 0. The van der Waals surface area contributed by atoms with Crippen LogP contribution in [-0.4, -0.2) is 47.1 Å². The number of nitrogens with zero attached hydrogens (tertiary/aromatic N) is 2. The third-order valence-electron chi connectivity index (χ3n) is 7.12. The second-order valence-corrected chi connectivity index (χ2v) is 11.8. The van der Waals surface area contributed by atoms with E-state index in [1.165, 1.54) is 6.20 Å². The highest BCUT2D eigenvalue weighted by Gasteiger charge is 2.37. The summed E-state index contributed by atoms with van der Waals surface area (Å²) in [5.41, 5.74) is 0.212. The lowest BCUT2D eigenvalue weighted by atomic mass is 9.94. The first kappa shape index (κ1) is 33.5. The van der Waals surface area contributed by atoms with Crippen LogP contribution in [0.2, 0.25) is 0 Å². The zero-order valence-electron chi connectivity index (χ0n) is 25.2. The molecule has 0 saturated heterocycles. The van der Waals surface area contributed by atoms with Crippen molar-refractivity contribution in [1.29, 1.82) is 0 Å². The number of hydrogen-bond donors (Lipinski definition) is 1. The van der Waals surface area contributed by atoms with Crippen molar-refractivity contribution >= 4 is 17.6 Å². The van der Waals surface area contributed by atoms with Gasteiger partial charge in [-0.05, 0) is 92.6 Å². The molecule has 240 valence electrons. The van der Waals surface area contributed by atoms with Crippen LogP contribution in [-0.2, 0) is 23.5 Å². The summed E-state index contributed by atoms with van der Waals surface area (Å²) in [4.78, 5) is 31.9. The fraction of sp³-hybridized carbons (Fsp3) is 0.364. The van der Waals surface area contributed by atoms with Gasteiger partial charge in [0.25, 0.3) is 5.91 Å². The molecule has 1 aliphatic rings. The lowest BCUT2D eigenvalue weighted by molar-refractivity contribution is -0.143. The molecule has 0 atom stereocenters. The summed E-state index contributed by atoms with van der Waals surface area (Å²) in [5, 5.41) is 2.62. The van der Waals surface area contributed by atoms with Gasteiger partial charge in [0, 0.05) is 25.8 Å². The van der Waals surface area contributed by atoms with Crippen LogP contribution >= 0.6 is 0 Å². The van der Waals surface area contributed by atoms with E-state index in [1.54, 1.807) is 31.7 Å². The zero-order valence-corrected chi connectivity index (χ0v) is 25.2. The third kappa shape index (κ3) is 8.64. The van der Waals surface area contributed by atoms with E-state index in [0.717, 1.165) is 16.7 Å². The van der Waals surface area contributed by atoms with E-state index in [2.05, 4.69) is 10.3 Å². The smallest absolute Gasteiger partial charge is 0.416 e. The summed E-state index contributed by atoms with van der Waals surface area (Å²) in [6.07, 6.45) is -6.82. The van der Waals surface area contributed by atoms with Gasteiger partial charge in [-0.3, -0.25) is 9.78 Å². The SMILES string of the molecule is Cc1ccccc1-c1cc(C2=CCN(C(=O)OC(C)(C)C)CC2)ncc1C(=O)NCCc1cc(C(F)(F)F)cc(C(F)(F)F)c1. The van der Waals surface area contributed by atoms with E-state index in [-0.39, 0.29) is 30.2 Å². The average molecular weight is 634 g/mol. The highest BCUT2D eigenvalue weighted by atomic mass is 19.4. The maximum atomic E-state index is 13.3. The Hall–Kier alpha value is -4.35. The van der Waals surface area contributed by atoms with Crippen molar-refractivity contribution in [2.75, 3.05) is 19.6 Å². The number of benzene rings is 2. The van der Waals surface area contributed by atoms with Gasteiger partial charge in [-0.15, -0.1) is 0 Å². The van der Waals surface area contributed by atoms with Crippen molar-refractivity contribution in [2.24, 2.45) is 0 Å². The summed E-state index contributed by atoms with van der Waals surface area (Å²) in [7, 11) is 0. The monoisotopic (exact) mass is 633 g/mol. The standard InChI is InChI=1S/C33H33F6N3O3/c1-20-7-5-6-8-25(20)26-18-28(22-10-13-42(14-11-22)30(44)45-31(2,3)4)41-19-27(26)29(43)40-12-9-21-15-23(32(34,35)36)17-24(16-21)33(37,38)39/h5-8,10,15-19H,9,11-14H2,1-4H3,(H,40,43). The molecular formula is C33H33F6N3O3. The van der Waals surface area contributed by atoms with Gasteiger partial charge in [0.15, 0.2) is 0 Å². The van der Waals surface area contributed by atoms with E-state index >= 15 is 0 Å². The van der Waals surface area contributed by atoms with Gasteiger partial charge in [0.1, 0.15) is 5.60 Å². The Bertz CT molecular complexity index is 1570. The highest BCUT2D eigenvalue weighted by molar-refractivity contribution is 6.01. The van der Waals surface area contributed by atoms with Crippen molar-refractivity contribution in [3.05, 3.63) is 94.3 Å². The molecule has 0 aliphatic carbocycles. The van der Waals surface area contributed by atoms with Crippen LogP contribution in [0.1, 0.15) is 65.5 Å². The molecule has 0 unspecified atom stereocenters. The number of ether oxygens (including phenoxy) is 1. The first-order valence-corrected chi connectivity index (χ1v) is 14.2. The first-order chi connectivity index (χ1) is 20.9. The number of halogens is 6. The zero-order chi connectivity index (χ0) is 33.2. The van der Waals surface area contributed by atoms with Crippen molar-refractivity contribution in [1.82, 2.24) is 15.2 Å². The van der Waals surface area contributed by atoms with Crippen molar-refractivity contribution in [2.45, 2.75) is 58.5 Å². The number of pyridine rings is 1. The number of aryl methyl sites for hydroxylation is 1. The van der Waals surface area contributed by atoms with Crippen LogP contribution in [0.25, 0.3) is 16.7 Å². The quantitative estimate of drug-likeness (QED) is 0.279. The highest BCUT2D eigenvalue weighted by Crippen LogP contribution is 2.36. The molecule has 0 saturated carbocycles. The number of alkyl halides is 6. The molecule has 1 aromatic heterocycles. The van der Waals surface area contributed by atoms with Gasteiger partial charge in [-0.1, -0.05) is 30.3 Å². The van der Waals surface area contributed by atoms with Crippen LogP contribution in [0.5, 0.6) is 0 Å². The van der Waals surface area contributed by atoms with Crippen LogP contribution in [0, 0.1) is 6.92 Å². The Kier molecular flexibility index (Phi) is 9.65. The van der Waals surface area contributed by atoms with Crippen molar-refractivity contribution < 1.29 is 40.7 Å². The van der Waals surface area contributed by atoms with E-state index in [1.807, 2.05) is 37.3 Å². The number of hydrogen-bond acceptors (Lipinski definition) is 4. The molecule has 3 aromatic rings. The van der Waals surface area contributed by atoms with Crippen LogP contribution in [0.3, 0.4) is 0 Å². The molecule has 0 bridgehead atoms. The minimum atomic E-state index is -4.96. The molecule has 1 N–H and O–H groups in total. The third-order valence-corrected chi connectivity index (χ3v) is 7.12. The minimum Gasteiger partial charge on any atom is -0.444 e. The number of aromatic nitrogens is 1. The van der Waals surface area contributed by atoms with E-state index < -0.39 is 41.1 Å². The molecule has 12 heteroatoms. The Morgan fingerprint density at radius 3 is 2.13 bits per heavy atom. The first-order valence-electron chi connectivity index (χ1n) is 14.2. The lowest BCUT2D eigenvalue weighted by Crippen LogP contribution is -2.39. The molecule has 4 rings (SSSR count). The summed E-state index contributed by atoms with van der Waals surface area (Å²) < 4.78 is 85.0. The molecule has 2 heterocycles. The topological polar surface area (TPSA) is 71.5 Å². The average Bonchev–Trinajstić information content (AvgIpc) is 2.95. The Labute approximate surface area is 257 Å². The second kappa shape index (κ2) is 12.9. The summed E-state index contributed by atoms with van der Waals surface area (Å²) in [6, 6.07) is 10.5. The fourth-order valence-electron chi connectivity index (χ4n) is 4.88. The van der Waals surface area contributed by atoms with Crippen molar-refractivity contribution in [3.8, 4) is 11.1 Å². The lowest BCUT2D eigenvalue weighted by Gasteiger charge is -2.29. The van der Waals surface area contributed by atoms with E-state index in [4.69, 9.17) is 4.74 Å². The molecule has 6 nitrogen and oxygen atoms in total. The predicted molar refractivity (Wildman–Crippen MR) is 157 cm³/mol. The van der Waals surface area contributed by atoms with Crippen LogP contribution in [0.4, 0.5) is 31.1 Å². The fourth-order valence-corrected chi connectivity index (χ4v) is 4.88. The van der Waals surface area contributed by atoms with E-state index in [9.17, 15) is 35.9 Å². The molecule has 0 fully saturated rings. The Morgan fingerprint density at radius 1 is 0.933 bits per heavy atom. The minimum absolute atomic E-state index is 0.0700. The molecule has 0 spiro atoms. The molecule has 45 heavy (non-hydrogen) atoms. The normalized spacial score (nSPS) is 14.2. The van der Waals surface area contributed by atoms with Crippen LogP contribution < -0.4 is 5.32 Å². The largest absolute Gasteiger partial charge is 0.444 e. The van der Waals surface area contributed by atoms with Gasteiger partial charge in [-0.2, -0.15) is 26.3 Å². The van der Waals surface area contributed by atoms with Gasteiger partial charge < -0.3 is 15.0 Å². The molecular weight excluding hydrogens is 600 g/mol. The van der Waals surface area contributed by atoms with Gasteiger partial charge in [0.2, 0.25) is 0 Å². The molecule has 2 aromatic carbocycles. The predicted octanol–water partition coefficient (Wildman–Crippen LogP) is 8.09. The van der Waals surface area contributed by atoms with Gasteiger partial charge in [-0.25, -0.2) is 4.79 Å². The number of amides is 2. The van der Waals surface area contributed by atoms with Gasteiger partial charge >= 0.3 is 18.4 Å². The Balaban J connectivity index is 1.56. The number of carbonyl (C=O) groups is 2. The Morgan fingerprint density at radius 2 is 1.58 bits per heavy atom. The maximum absolute atomic E-state index is 13.3. The second-order valence-electron chi connectivity index (χ2n) is 11.8. The number of carbonyl (C=O) groups excluding carboxylic acids is 2. The summed E-state index contributed by atoms with van der Waals surface area (Å²) in [6.45, 7) is 7.77. The van der Waals surface area contributed by atoms with Crippen LogP contribution in [0.15, 0.2) is 60.8 Å². The number of rotatable bonds is 6. The molecule has 0 radical (unpaired) electrons. The number of nitrogens with one attached hydrogen (secondary N) is 1.